The van der Waals surface area contributed by atoms with Gasteiger partial charge in [0.1, 0.15) is 11.4 Å². The molecule has 0 saturated carbocycles. The van der Waals surface area contributed by atoms with Crippen LogP contribution in [0.1, 0.15) is 10.4 Å². The third kappa shape index (κ3) is 3.30. The summed E-state index contributed by atoms with van der Waals surface area (Å²) >= 11 is 5.82. The second-order valence-corrected chi connectivity index (χ2v) is 6.46. The van der Waals surface area contributed by atoms with Gasteiger partial charge >= 0.3 is 0 Å². The van der Waals surface area contributed by atoms with Crippen LogP contribution in [0.25, 0.3) is 22.4 Å². The standard InChI is InChI=1S/C20H13ClN4O3/c21-12-9-10-14(18(11-12)25(27)28)20(26)24-15-6-2-1-5-13(15)19-22-16-7-3-4-8-17(16)23-19/h1-11H,(H,22,23)(H,24,26). The first-order valence-corrected chi connectivity index (χ1v) is 8.70. The Balaban J connectivity index is 1.72. The van der Waals surface area contributed by atoms with Crippen LogP contribution in [-0.2, 0) is 0 Å². The third-order valence-corrected chi connectivity index (χ3v) is 4.46. The summed E-state index contributed by atoms with van der Waals surface area (Å²) in [5.74, 6) is -0.0189. The van der Waals surface area contributed by atoms with E-state index in [-0.39, 0.29) is 16.3 Å². The average molecular weight is 393 g/mol. The Morgan fingerprint density at radius 2 is 1.82 bits per heavy atom. The van der Waals surface area contributed by atoms with E-state index in [1.807, 2.05) is 36.4 Å². The van der Waals surface area contributed by atoms with Crippen molar-refractivity contribution in [3.8, 4) is 11.4 Å². The molecule has 28 heavy (non-hydrogen) atoms. The molecular weight excluding hydrogens is 380 g/mol. The number of H-pyrrole nitrogens is 1. The average Bonchev–Trinajstić information content (AvgIpc) is 3.12. The Kier molecular flexibility index (Phi) is 4.50. The fourth-order valence-electron chi connectivity index (χ4n) is 2.92. The number of nitrogens with zero attached hydrogens (tertiary/aromatic N) is 2. The van der Waals surface area contributed by atoms with E-state index in [0.29, 0.717) is 17.1 Å². The van der Waals surface area contributed by atoms with Crippen LogP contribution in [0.5, 0.6) is 0 Å². The molecule has 0 saturated heterocycles. The van der Waals surface area contributed by atoms with Crippen molar-refractivity contribution < 1.29 is 9.72 Å². The summed E-state index contributed by atoms with van der Waals surface area (Å²) in [6.45, 7) is 0. The number of nitrogens with one attached hydrogen (secondary N) is 2. The summed E-state index contributed by atoms with van der Waals surface area (Å²) < 4.78 is 0. The Morgan fingerprint density at radius 3 is 2.61 bits per heavy atom. The van der Waals surface area contributed by atoms with Crippen molar-refractivity contribution in [3.05, 3.63) is 87.4 Å². The molecule has 8 heteroatoms. The van der Waals surface area contributed by atoms with Crippen LogP contribution in [0, 0.1) is 10.1 Å². The molecule has 4 aromatic rings. The van der Waals surface area contributed by atoms with Crippen LogP contribution in [0.3, 0.4) is 0 Å². The minimum absolute atomic E-state index is 0.0752. The van der Waals surface area contributed by atoms with Crippen molar-refractivity contribution in [1.29, 1.82) is 0 Å². The lowest BCUT2D eigenvalue weighted by atomic mass is 10.1. The second-order valence-electron chi connectivity index (χ2n) is 6.02. The molecule has 0 unspecified atom stereocenters. The normalized spacial score (nSPS) is 10.8. The summed E-state index contributed by atoms with van der Waals surface area (Å²) in [6, 6.07) is 18.6. The number of imidazole rings is 1. The summed E-state index contributed by atoms with van der Waals surface area (Å²) in [6.07, 6.45) is 0. The molecule has 2 N–H and O–H groups in total. The van der Waals surface area contributed by atoms with Gasteiger partial charge in [-0.15, -0.1) is 0 Å². The van der Waals surface area contributed by atoms with Crippen molar-refractivity contribution in [2.45, 2.75) is 0 Å². The Morgan fingerprint density at radius 1 is 1.07 bits per heavy atom. The van der Waals surface area contributed by atoms with E-state index in [1.54, 1.807) is 12.1 Å². The molecule has 1 aromatic heterocycles. The van der Waals surface area contributed by atoms with Crippen LogP contribution in [-0.4, -0.2) is 20.8 Å². The maximum Gasteiger partial charge on any atom is 0.283 e. The quantitative estimate of drug-likeness (QED) is 0.375. The number of benzene rings is 3. The molecule has 1 amide bonds. The van der Waals surface area contributed by atoms with Crippen molar-refractivity contribution in [2.75, 3.05) is 5.32 Å². The van der Waals surface area contributed by atoms with Gasteiger partial charge in [0, 0.05) is 16.7 Å². The smallest absolute Gasteiger partial charge is 0.283 e. The molecule has 0 radical (unpaired) electrons. The molecule has 0 spiro atoms. The van der Waals surface area contributed by atoms with E-state index in [0.717, 1.165) is 17.1 Å². The first kappa shape index (κ1) is 17.7. The lowest BCUT2D eigenvalue weighted by Crippen LogP contribution is -2.14. The van der Waals surface area contributed by atoms with Gasteiger partial charge < -0.3 is 10.3 Å². The van der Waals surface area contributed by atoms with Crippen molar-refractivity contribution in [2.24, 2.45) is 0 Å². The number of amides is 1. The van der Waals surface area contributed by atoms with Crippen LogP contribution >= 0.6 is 11.6 Å². The highest BCUT2D eigenvalue weighted by Gasteiger charge is 2.22. The predicted octanol–water partition coefficient (Wildman–Crippen LogP) is 5.04. The minimum Gasteiger partial charge on any atom is -0.338 e. The Bertz CT molecular complexity index is 1190. The Labute approximate surface area is 164 Å². The number of carbonyl (C=O) groups excluding carboxylic acids is 1. The molecule has 0 fully saturated rings. The number of nitro groups is 1. The maximum absolute atomic E-state index is 12.7. The molecule has 0 aliphatic heterocycles. The number of hydrogen-bond donors (Lipinski definition) is 2. The molecular formula is C20H13ClN4O3. The highest BCUT2D eigenvalue weighted by atomic mass is 35.5. The van der Waals surface area contributed by atoms with E-state index in [1.165, 1.54) is 12.1 Å². The van der Waals surface area contributed by atoms with Crippen molar-refractivity contribution in [3.63, 3.8) is 0 Å². The van der Waals surface area contributed by atoms with Gasteiger partial charge in [0.25, 0.3) is 11.6 Å². The highest BCUT2D eigenvalue weighted by molar-refractivity contribution is 6.31. The van der Waals surface area contributed by atoms with E-state index >= 15 is 0 Å². The van der Waals surface area contributed by atoms with Gasteiger partial charge in [0.15, 0.2) is 0 Å². The molecule has 4 rings (SSSR count). The van der Waals surface area contributed by atoms with Crippen LogP contribution in [0.4, 0.5) is 11.4 Å². The van der Waals surface area contributed by atoms with Gasteiger partial charge in [-0.05, 0) is 36.4 Å². The van der Waals surface area contributed by atoms with E-state index in [4.69, 9.17) is 11.6 Å². The zero-order valence-corrected chi connectivity index (χ0v) is 15.1. The first-order chi connectivity index (χ1) is 13.5. The third-order valence-electron chi connectivity index (χ3n) is 4.22. The molecule has 3 aromatic carbocycles. The first-order valence-electron chi connectivity index (χ1n) is 8.32. The molecule has 138 valence electrons. The maximum atomic E-state index is 12.7. The van der Waals surface area contributed by atoms with Gasteiger partial charge in [0.05, 0.1) is 21.6 Å². The number of para-hydroxylation sites is 3. The predicted molar refractivity (Wildman–Crippen MR) is 108 cm³/mol. The Hall–Kier alpha value is -3.71. The van der Waals surface area contributed by atoms with Gasteiger partial charge in [-0.1, -0.05) is 35.9 Å². The van der Waals surface area contributed by atoms with Gasteiger partial charge in [-0.3, -0.25) is 14.9 Å². The number of nitro benzene ring substituents is 1. The van der Waals surface area contributed by atoms with Crippen LogP contribution in [0.15, 0.2) is 66.7 Å². The minimum atomic E-state index is -0.633. The number of anilines is 1. The number of aromatic nitrogens is 2. The number of aromatic amines is 1. The zero-order valence-electron chi connectivity index (χ0n) is 14.3. The lowest BCUT2D eigenvalue weighted by molar-refractivity contribution is -0.385. The zero-order chi connectivity index (χ0) is 19.7. The van der Waals surface area contributed by atoms with Gasteiger partial charge in [-0.2, -0.15) is 0 Å². The number of carbonyl (C=O) groups is 1. The van der Waals surface area contributed by atoms with Crippen molar-refractivity contribution in [1.82, 2.24) is 9.97 Å². The largest absolute Gasteiger partial charge is 0.338 e. The van der Waals surface area contributed by atoms with Crippen LogP contribution < -0.4 is 5.32 Å². The monoisotopic (exact) mass is 392 g/mol. The molecule has 7 nitrogen and oxygen atoms in total. The van der Waals surface area contributed by atoms with Gasteiger partial charge in [-0.25, -0.2) is 4.98 Å². The second kappa shape index (κ2) is 7.13. The SMILES string of the molecule is O=C(Nc1ccccc1-c1nc2ccccc2[nH]1)c1ccc(Cl)cc1[N+](=O)[O-]. The van der Waals surface area contributed by atoms with E-state index in [9.17, 15) is 14.9 Å². The molecule has 1 heterocycles. The summed E-state index contributed by atoms with van der Waals surface area (Å²) in [7, 11) is 0. The molecule has 0 bridgehead atoms. The lowest BCUT2D eigenvalue weighted by Gasteiger charge is -2.10. The van der Waals surface area contributed by atoms with E-state index < -0.39 is 10.8 Å². The molecule has 0 aliphatic rings. The number of hydrogen-bond acceptors (Lipinski definition) is 4. The molecule has 0 aliphatic carbocycles. The summed E-state index contributed by atoms with van der Waals surface area (Å²) in [5.41, 5.74) is 2.39. The van der Waals surface area contributed by atoms with Gasteiger partial charge in [0.2, 0.25) is 0 Å². The van der Waals surface area contributed by atoms with Crippen LogP contribution in [0.2, 0.25) is 5.02 Å². The summed E-state index contributed by atoms with van der Waals surface area (Å²) in [5, 5.41) is 14.2. The summed E-state index contributed by atoms with van der Waals surface area (Å²) in [4.78, 5) is 31.1. The fraction of sp³-hybridized carbons (Fsp3) is 0. The van der Waals surface area contributed by atoms with Crippen molar-refractivity contribution >= 4 is 39.9 Å². The number of fused-ring (bicyclic) bond motifs is 1. The topological polar surface area (TPSA) is 101 Å². The molecule has 0 atom stereocenters. The number of halogens is 1. The van der Waals surface area contributed by atoms with E-state index in [2.05, 4.69) is 15.3 Å². The highest BCUT2D eigenvalue weighted by Crippen LogP contribution is 2.29. The fourth-order valence-corrected chi connectivity index (χ4v) is 3.08. The number of rotatable bonds is 4.